The molecule has 2 rings (SSSR count). The fraction of sp³-hybridized carbons (Fsp3) is 0.385. The summed E-state index contributed by atoms with van der Waals surface area (Å²) >= 11 is 7.55. The first-order valence-corrected chi connectivity index (χ1v) is 7.51. The molecule has 2 aromatic heterocycles. The third-order valence-electron chi connectivity index (χ3n) is 2.98. The zero-order valence-electron chi connectivity index (χ0n) is 10.9. The number of rotatable bonds is 5. The van der Waals surface area contributed by atoms with Crippen LogP contribution in [0.25, 0.3) is 11.0 Å². The van der Waals surface area contributed by atoms with Crippen LogP contribution in [0.3, 0.4) is 0 Å². The molecule has 0 aliphatic rings. The molecule has 2 aromatic rings. The van der Waals surface area contributed by atoms with Gasteiger partial charge in [-0.15, -0.1) is 11.3 Å². The van der Waals surface area contributed by atoms with Gasteiger partial charge in [0.15, 0.2) is 10.1 Å². The van der Waals surface area contributed by atoms with Gasteiger partial charge in [0.25, 0.3) is 0 Å². The number of imidazole rings is 1. The molecule has 0 aliphatic heterocycles. The summed E-state index contributed by atoms with van der Waals surface area (Å²) < 4.78 is 1.87. The molecule has 102 valence electrons. The monoisotopic (exact) mass is 297 g/mol. The summed E-state index contributed by atoms with van der Waals surface area (Å²) in [6.45, 7) is 4.11. The van der Waals surface area contributed by atoms with Gasteiger partial charge in [-0.05, 0) is 18.9 Å². The minimum absolute atomic E-state index is 0.102. The summed E-state index contributed by atoms with van der Waals surface area (Å²) in [6.07, 6.45) is 6.95. The molecular formula is C13H16ClN3OS. The highest BCUT2D eigenvalue weighted by Gasteiger charge is 2.09. The van der Waals surface area contributed by atoms with Gasteiger partial charge in [-0.1, -0.05) is 25.4 Å². The fourth-order valence-electron chi connectivity index (χ4n) is 1.82. The molecule has 6 heteroatoms. The average molecular weight is 298 g/mol. The molecule has 0 radical (unpaired) electrons. The van der Waals surface area contributed by atoms with E-state index in [9.17, 15) is 4.79 Å². The number of carbonyl (C=O) groups excluding carboxylic acids is 1. The lowest BCUT2D eigenvalue weighted by atomic mass is 10.2. The van der Waals surface area contributed by atoms with Crippen molar-refractivity contribution in [1.29, 1.82) is 0 Å². The number of aromatic nitrogens is 2. The van der Waals surface area contributed by atoms with E-state index in [4.69, 9.17) is 11.6 Å². The Hall–Kier alpha value is -1.33. The van der Waals surface area contributed by atoms with Crippen molar-refractivity contribution in [2.45, 2.75) is 32.7 Å². The Morgan fingerprint density at radius 3 is 3.00 bits per heavy atom. The second-order valence-corrected chi connectivity index (χ2v) is 5.43. The van der Waals surface area contributed by atoms with Crippen molar-refractivity contribution in [2.75, 3.05) is 0 Å². The first-order chi connectivity index (χ1) is 9.15. The van der Waals surface area contributed by atoms with Gasteiger partial charge >= 0.3 is 0 Å². The molecule has 0 spiro atoms. The molecule has 0 atom stereocenters. The Balaban J connectivity index is 2.11. The van der Waals surface area contributed by atoms with E-state index in [-0.39, 0.29) is 11.9 Å². The molecule has 0 aromatic carbocycles. The number of hydrogen-bond acceptors (Lipinski definition) is 3. The zero-order valence-corrected chi connectivity index (χ0v) is 12.5. The van der Waals surface area contributed by atoms with Crippen molar-refractivity contribution in [3.05, 3.63) is 28.5 Å². The molecule has 2 heterocycles. The summed E-state index contributed by atoms with van der Waals surface area (Å²) in [4.78, 5) is 16.8. The van der Waals surface area contributed by atoms with E-state index in [1.54, 1.807) is 6.08 Å². The summed E-state index contributed by atoms with van der Waals surface area (Å²) in [6, 6.07) is 0.222. The van der Waals surface area contributed by atoms with Crippen molar-refractivity contribution in [3.8, 4) is 0 Å². The lowest BCUT2D eigenvalue weighted by Gasteiger charge is -2.12. The van der Waals surface area contributed by atoms with Crippen LogP contribution in [-0.2, 0) is 4.79 Å². The Bertz CT molecular complexity index is 598. The smallest absolute Gasteiger partial charge is 0.244 e. The number of nitrogens with zero attached hydrogens (tertiary/aromatic N) is 2. The van der Waals surface area contributed by atoms with E-state index >= 15 is 0 Å². The van der Waals surface area contributed by atoms with Gasteiger partial charge < -0.3 is 5.32 Å². The lowest BCUT2D eigenvalue weighted by molar-refractivity contribution is -0.117. The molecule has 0 unspecified atom stereocenters. The SMILES string of the molecule is CCC(CC)NC(=O)/C=C/c1c(Cl)nc2sccn12. The van der Waals surface area contributed by atoms with Gasteiger partial charge in [0, 0.05) is 23.7 Å². The molecule has 4 nitrogen and oxygen atoms in total. The third kappa shape index (κ3) is 3.16. The van der Waals surface area contributed by atoms with Crippen LogP contribution < -0.4 is 5.32 Å². The number of carbonyl (C=O) groups is 1. The standard InChI is InChI=1S/C13H16ClN3OS/c1-3-9(4-2)15-11(18)6-5-10-12(14)16-13-17(10)7-8-19-13/h5-9H,3-4H2,1-2H3,(H,15,18)/b6-5+. The Labute approximate surface area is 121 Å². The van der Waals surface area contributed by atoms with Crippen LogP contribution in [0.2, 0.25) is 5.15 Å². The lowest BCUT2D eigenvalue weighted by Crippen LogP contribution is -2.32. The molecule has 0 saturated carbocycles. The van der Waals surface area contributed by atoms with Crippen molar-refractivity contribution >= 4 is 39.9 Å². The summed E-state index contributed by atoms with van der Waals surface area (Å²) in [5.41, 5.74) is 0.734. The molecule has 1 N–H and O–H groups in total. The number of thiazole rings is 1. The minimum atomic E-state index is -0.102. The largest absolute Gasteiger partial charge is 0.350 e. The van der Waals surface area contributed by atoms with Gasteiger partial charge in [0.05, 0.1) is 5.69 Å². The highest BCUT2D eigenvalue weighted by atomic mass is 35.5. The quantitative estimate of drug-likeness (QED) is 0.860. The Morgan fingerprint density at radius 1 is 1.58 bits per heavy atom. The van der Waals surface area contributed by atoms with E-state index in [1.165, 1.54) is 17.4 Å². The molecule has 19 heavy (non-hydrogen) atoms. The van der Waals surface area contributed by atoms with Gasteiger partial charge in [-0.25, -0.2) is 4.98 Å². The highest BCUT2D eigenvalue weighted by molar-refractivity contribution is 7.15. The normalized spacial score (nSPS) is 11.8. The van der Waals surface area contributed by atoms with Gasteiger partial charge in [-0.2, -0.15) is 0 Å². The predicted molar refractivity (Wildman–Crippen MR) is 79.6 cm³/mol. The van der Waals surface area contributed by atoms with E-state index in [1.807, 2.05) is 16.0 Å². The number of nitrogens with one attached hydrogen (secondary N) is 1. The molecule has 0 fully saturated rings. The zero-order chi connectivity index (χ0) is 13.8. The number of halogens is 1. The first kappa shape index (κ1) is 14.1. The summed E-state index contributed by atoms with van der Waals surface area (Å²) in [5.74, 6) is -0.102. The van der Waals surface area contributed by atoms with Crippen LogP contribution >= 0.6 is 22.9 Å². The Kier molecular flexibility index (Phi) is 4.61. The van der Waals surface area contributed by atoms with E-state index in [0.717, 1.165) is 23.5 Å². The molecule has 1 amide bonds. The first-order valence-electron chi connectivity index (χ1n) is 6.25. The minimum Gasteiger partial charge on any atom is -0.350 e. The van der Waals surface area contributed by atoms with E-state index in [2.05, 4.69) is 24.1 Å². The van der Waals surface area contributed by atoms with Gasteiger partial charge in [0.1, 0.15) is 0 Å². The summed E-state index contributed by atoms with van der Waals surface area (Å²) in [7, 11) is 0. The number of hydrogen-bond donors (Lipinski definition) is 1. The van der Waals surface area contributed by atoms with Crippen LogP contribution in [0.1, 0.15) is 32.4 Å². The molecule has 0 aliphatic carbocycles. The van der Waals surface area contributed by atoms with Crippen LogP contribution in [-0.4, -0.2) is 21.3 Å². The molecular weight excluding hydrogens is 282 g/mol. The maximum absolute atomic E-state index is 11.8. The second kappa shape index (κ2) is 6.21. The topological polar surface area (TPSA) is 46.4 Å². The van der Waals surface area contributed by atoms with Crippen LogP contribution in [0.15, 0.2) is 17.7 Å². The molecule has 0 saturated heterocycles. The van der Waals surface area contributed by atoms with Crippen molar-refractivity contribution < 1.29 is 4.79 Å². The number of amides is 1. The molecule has 0 bridgehead atoms. The maximum Gasteiger partial charge on any atom is 0.244 e. The van der Waals surface area contributed by atoms with Crippen molar-refractivity contribution in [3.63, 3.8) is 0 Å². The average Bonchev–Trinajstić information content (AvgIpc) is 2.94. The van der Waals surface area contributed by atoms with Crippen LogP contribution in [0.5, 0.6) is 0 Å². The highest BCUT2D eigenvalue weighted by Crippen LogP contribution is 2.22. The summed E-state index contributed by atoms with van der Waals surface area (Å²) in [5, 5.41) is 5.29. The fourth-order valence-corrected chi connectivity index (χ4v) is 2.83. The number of fused-ring (bicyclic) bond motifs is 1. The van der Waals surface area contributed by atoms with Gasteiger partial charge in [-0.3, -0.25) is 9.20 Å². The van der Waals surface area contributed by atoms with Crippen LogP contribution in [0, 0.1) is 0 Å². The maximum atomic E-state index is 11.8. The predicted octanol–water partition coefficient (Wildman–Crippen LogP) is 3.37. The van der Waals surface area contributed by atoms with Crippen molar-refractivity contribution in [2.24, 2.45) is 0 Å². The van der Waals surface area contributed by atoms with Crippen molar-refractivity contribution in [1.82, 2.24) is 14.7 Å². The second-order valence-electron chi connectivity index (χ2n) is 4.20. The van der Waals surface area contributed by atoms with E-state index in [0.29, 0.717) is 5.15 Å². The van der Waals surface area contributed by atoms with Crippen LogP contribution in [0.4, 0.5) is 0 Å². The Morgan fingerprint density at radius 2 is 2.32 bits per heavy atom. The van der Waals surface area contributed by atoms with Gasteiger partial charge in [0.2, 0.25) is 5.91 Å². The van der Waals surface area contributed by atoms with E-state index < -0.39 is 0 Å². The third-order valence-corrected chi connectivity index (χ3v) is 4.01.